The van der Waals surface area contributed by atoms with Crippen molar-refractivity contribution in [3.63, 3.8) is 0 Å². The maximum atomic E-state index is 14.0. The minimum Gasteiger partial charge on any atom is -0.406 e. The third kappa shape index (κ3) is 5.09. The summed E-state index contributed by atoms with van der Waals surface area (Å²) in [5.41, 5.74) is -0.651. The Bertz CT molecular complexity index is 1250. The molecule has 3 fully saturated rings. The lowest BCUT2D eigenvalue weighted by Gasteiger charge is -2.28. The van der Waals surface area contributed by atoms with Crippen molar-refractivity contribution in [2.45, 2.75) is 43.6 Å². The number of hydrogen-bond donors (Lipinski definition) is 1. The van der Waals surface area contributed by atoms with E-state index in [4.69, 9.17) is 23.2 Å². The van der Waals surface area contributed by atoms with Crippen LogP contribution in [0, 0.1) is 0 Å². The second kappa shape index (κ2) is 9.85. The molecule has 5 rings (SSSR count). The monoisotopic (exact) mass is 570 g/mol. The Labute approximate surface area is 226 Å². The van der Waals surface area contributed by atoms with E-state index in [-0.39, 0.29) is 41.2 Å². The van der Waals surface area contributed by atoms with Crippen LogP contribution >= 0.6 is 23.2 Å². The first-order valence-electron chi connectivity index (χ1n) is 12.0. The smallest absolute Gasteiger partial charge is 0.406 e. The first kappa shape index (κ1) is 26.4. The molecule has 0 bridgehead atoms. The summed E-state index contributed by atoms with van der Waals surface area (Å²) in [4.78, 5) is 44.4. The number of likely N-dealkylation sites (tertiary alicyclic amines) is 1. The second-order valence-electron chi connectivity index (χ2n) is 9.61. The Hall–Kier alpha value is -3.18. The third-order valence-corrected chi connectivity index (χ3v) is 7.44. The number of carbonyl (C=O) groups is 3. The zero-order valence-electron chi connectivity index (χ0n) is 19.9. The van der Waals surface area contributed by atoms with E-state index >= 15 is 0 Å². The van der Waals surface area contributed by atoms with Crippen molar-refractivity contribution in [2.24, 2.45) is 0 Å². The number of halogens is 5. The molecule has 3 saturated heterocycles. The number of ether oxygens (including phenoxy) is 1. The van der Waals surface area contributed by atoms with E-state index in [9.17, 15) is 27.6 Å². The molecule has 0 aromatic heterocycles. The molecule has 13 heteroatoms. The first-order chi connectivity index (χ1) is 17.9. The van der Waals surface area contributed by atoms with Crippen LogP contribution in [0.1, 0.15) is 24.8 Å². The number of hydrogen-bond acceptors (Lipinski definition) is 4. The van der Waals surface area contributed by atoms with Crippen LogP contribution in [0.5, 0.6) is 5.75 Å². The first-order valence-corrected chi connectivity index (χ1v) is 12.7. The van der Waals surface area contributed by atoms with Gasteiger partial charge in [-0.2, -0.15) is 0 Å². The van der Waals surface area contributed by atoms with E-state index in [2.05, 4.69) is 10.1 Å². The van der Waals surface area contributed by atoms with Gasteiger partial charge in [-0.25, -0.2) is 14.5 Å². The summed E-state index contributed by atoms with van der Waals surface area (Å²) in [6.45, 7) is 1.37. The van der Waals surface area contributed by atoms with Gasteiger partial charge < -0.3 is 19.9 Å². The van der Waals surface area contributed by atoms with Crippen LogP contribution < -0.4 is 15.0 Å². The predicted octanol–water partition coefficient (Wildman–Crippen LogP) is 5.22. The molecular formula is C25H23Cl2F3N4O4. The number of urea groups is 2. The third-order valence-electron chi connectivity index (χ3n) is 7.01. The number of rotatable bonds is 5. The molecule has 0 aliphatic carbocycles. The molecule has 3 aliphatic heterocycles. The number of fused-ring (bicyclic) bond motifs is 1. The van der Waals surface area contributed by atoms with Crippen molar-refractivity contribution >= 4 is 46.9 Å². The number of benzene rings is 2. The average Bonchev–Trinajstić information content (AvgIpc) is 3.51. The summed E-state index contributed by atoms with van der Waals surface area (Å²) >= 11 is 12.2. The molecule has 0 saturated carbocycles. The highest BCUT2D eigenvalue weighted by atomic mass is 35.5. The molecule has 38 heavy (non-hydrogen) atoms. The zero-order chi connectivity index (χ0) is 27.2. The molecular weight excluding hydrogens is 548 g/mol. The lowest BCUT2D eigenvalue weighted by Crippen LogP contribution is -2.48. The molecule has 2 atom stereocenters. The molecule has 1 N–H and O–H groups in total. The van der Waals surface area contributed by atoms with E-state index in [0.717, 1.165) is 29.9 Å². The molecule has 2 aromatic rings. The number of anilines is 1. The van der Waals surface area contributed by atoms with Crippen LogP contribution in [-0.4, -0.2) is 65.3 Å². The van der Waals surface area contributed by atoms with Gasteiger partial charge in [0.1, 0.15) is 11.3 Å². The van der Waals surface area contributed by atoms with Crippen LogP contribution in [0.3, 0.4) is 0 Å². The van der Waals surface area contributed by atoms with Crippen LogP contribution in [0.4, 0.5) is 28.4 Å². The van der Waals surface area contributed by atoms with Gasteiger partial charge in [0.25, 0.3) is 5.91 Å². The number of nitrogens with zero attached hydrogens (tertiary/aromatic N) is 3. The summed E-state index contributed by atoms with van der Waals surface area (Å²) in [7, 11) is 0. The van der Waals surface area contributed by atoms with Crippen LogP contribution in [0.25, 0.3) is 0 Å². The van der Waals surface area contributed by atoms with Gasteiger partial charge in [0.2, 0.25) is 0 Å². The molecule has 5 amide bonds. The predicted molar refractivity (Wildman–Crippen MR) is 133 cm³/mol. The van der Waals surface area contributed by atoms with E-state index in [0.29, 0.717) is 18.7 Å². The van der Waals surface area contributed by atoms with Gasteiger partial charge in [-0.1, -0.05) is 35.3 Å². The van der Waals surface area contributed by atoms with Gasteiger partial charge in [-0.3, -0.25) is 4.79 Å². The molecule has 0 spiro atoms. The Morgan fingerprint density at radius 2 is 1.68 bits per heavy atom. The highest BCUT2D eigenvalue weighted by Gasteiger charge is 2.62. The van der Waals surface area contributed by atoms with Gasteiger partial charge in [-0.05, 0) is 48.7 Å². The number of alkyl halides is 3. The van der Waals surface area contributed by atoms with Crippen molar-refractivity contribution in [1.29, 1.82) is 0 Å². The fourth-order valence-corrected chi connectivity index (χ4v) is 5.94. The van der Waals surface area contributed by atoms with Gasteiger partial charge >= 0.3 is 18.4 Å². The van der Waals surface area contributed by atoms with E-state index in [1.54, 1.807) is 4.90 Å². The molecule has 3 aliphatic rings. The number of amides is 5. The SMILES string of the molecule is O=C(N[C@@H]1CN2C(=O)N(c3cc(Cl)cc(Cl)c3)C(=O)[C@]2(Cc2ccc(OC(F)(F)F)cc2)C1)N1CCCC1. The molecule has 2 aromatic carbocycles. The van der Waals surface area contributed by atoms with Crippen molar-refractivity contribution in [1.82, 2.24) is 15.1 Å². The highest BCUT2D eigenvalue weighted by molar-refractivity contribution is 6.35. The van der Waals surface area contributed by atoms with Gasteiger partial charge in [-0.15, -0.1) is 13.2 Å². The number of imide groups is 1. The van der Waals surface area contributed by atoms with Gasteiger partial charge in [0.15, 0.2) is 0 Å². The van der Waals surface area contributed by atoms with E-state index in [1.165, 1.54) is 35.2 Å². The Kier molecular flexibility index (Phi) is 6.85. The molecule has 0 radical (unpaired) electrons. The minimum atomic E-state index is -4.84. The number of carbonyl (C=O) groups excluding carboxylic acids is 3. The summed E-state index contributed by atoms with van der Waals surface area (Å²) in [5.74, 6) is -0.934. The number of nitrogens with one attached hydrogen (secondary N) is 1. The fourth-order valence-electron chi connectivity index (χ4n) is 5.43. The van der Waals surface area contributed by atoms with Crippen LogP contribution in [0.15, 0.2) is 42.5 Å². The normalized spacial score (nSPS) is 23.3. The largest absolute Gasteiger partial charge is 0.573 e. The molecule has 0 unspecified atom stereocenters. The summed E-state index contributed by atoms with van der Waals surface area (Å²) in [5, 5.41) is 3.43. The molecule has 202 valence electrons. The Morgan fingerprint density at radius 3 is 2.29 bits per heavy atom. The second-order valence-corrected chi connectivity index (χ2v) is 10.5. The molecule has 3 heterocycles. The Balaban J connectivity index is 1.45. The maximum absolute atomic E-state index is 14.0. The van der Waals surface area contributed by atoms with Gasteiger partial charge in [0.05, 0.1) is 11.7 Å². The van der Waals surface area contributed by atoms with Gasteiger partial charge in [0, 0.05) is 42.5 Å². The summed E-state index contributed by atoms with van der Waals surface area (Å²) in [6.07, 6.45) is -2.87. The highest BCUT2D eigenvalue weighted by Crippen LogP contribution is 2.43. The summed E-state index contributed by atoms with van der Waals surface area (Å²) < 4.78 is 41.7. The topological polar surface area (TPSA) is 82.2 Å². The van der Waals surface area contributed by atoms with Crippen molar-refractivity contribution in [3.8, 4) is 5.75 Å². The van der Waals surface area contributed by atoms with Crippen LogP contribution in [0.2, 0.25) is 10.0 Å². The maximum Gasteiger partial charge on any atom is 0.573 e. The average molecular weight is 571 g/mol. The van der Waals surface area contributed by atoms with Crippen molar-refractivity contribution < 1.29 is 32.3 Å². The van der Waals surface area contributed by atoms with Crippen molar-refractivity contribution in [2.75, 3.05) is 24.5 Å². The lowest BCUT2D eigenvalue weighted by molar-refractivity contribution is -0.274. The van der Waals surface area contributed by atoms with Crippen molar-refractivity contribution in [3.05, 3.63) is 58.1 Å². The standard InChI is InChI=1S/C25H23Cl2F3N4O4/c26-16-9-17(27)11-19(10-16)34-21(35)24(12-15-3-5-20(6-4-15)38-25(28,29)30)13-18(14-33(24)23(34)37)31-22(36)32-7-1-2-8-32/h3-6,9-11,18H,1-2,7-8,12-14H2,(H,31,36)/t18-,24-/m0/s1. The minimum absolute atomic E-state index is 0.0186. The van der Waals surface area contributed by atoms with E-state index in [1.807, 2.05) is 0 Å². The Morgan fingerprint density at radius 1 is 1.05 bits per heavy atom. The van der Waals surface area contributed by atoms with Crippen LogP contribution in [-0.2, 0) is 11.2 Å². The zero-order valence-corrected chi connectivity index (χ0v) is 21.4. The quantitative estimate of drug-likeness (QED) is 0.500. The fraction of sp³-hybridized carbons (Fsp3) is 0.400. The molecule has 8 nitrogen and oxygen atoms in total. The lowest BCUT2D eigenvalue weighted by atomic mass is 9.87. The van der Waals surface area contributed by atoms with E-state index < -0.39 is 35.6 Å². The summed E-state index contributed by atoms with van der Waals surface area (Å²) in [6, 6.07) is 8.18.